The van der Waals surface area contributed by atoms with Crippen molar-refractivity contribution >= 4 is 6.09 Å². The van der Waals surface area contributed by atoms with E-state index in [1.54, 1.807) is 7.11 Å². The molecule has 0 saturated heterocycles. The molecule has 0 aliphatic carbocycles. The highest BCUT2D eigenvalue weighted by Gasteiger charge is 2.20. The van der Waals surface area contributed by atoms with Gasteiger partial charge in [0.25, 0.3) is 0 Å². The number of hydrogen-bond donors (Lipinski definition) is 1. The van der Waals surface area contributed by atoms with E-state index in [1.807, 2.05) is 57.2 Å². The lowest BCUT2D eigenvalue weighted by Crippen LogP contribution is -2.40. The molecule has 0 fully saturated rings. The van der Waals surface area contributed by atoms with Crippen molar-refractivity contribution in [1.82, 2.24) is 5.32 Å². The summed E-state index contributed by atoms with van der Waals surface area (Å²) in [7, 11) is 1.65. The van der Waals surface area contributed by atoms with Gasteiger partial charge in [-0.25, -0.2) is 4.79 Å². The number of ether oxygens (including phenoxy) is 3. The Labute approximate surface area is 187 Å². The zero-order valence-corrected chi connectivity index (χ0v) is 19.6. The molecule has 5 heteroatoms. The molecule has 1 amide bonds. The Balaban J connectivity index is 2.04. The van der Waals surface area contributed by atoms with E-state index in [9.17, 15) is 4.79 Å². The van der Waals surface area contributed by atoms with Gasteiger partial charge >= 0.3 is 6.09 Å². The second-order valence-electron chi connectivity index (χ2n) is 8.76. The lowest BCUT2D eigenvalue weighted by atomic mass is 10.0. The third-order valence-electron chi connectivity index (χ3n) is 4.83. The van der Waals surface area contributed by atoms with E-state index in [0.717, 1.165) is 37.0 Å². The quantitative estimate of drug-likeness (QED) is 0.482. The van der Waals surface area contributed by atoms with Crippen molar-refractivity contribution in [1.29, 1.82) is 0 Å². The zero-order chi connectivity index (χ0) is 22.7. The van der Waals surface area contributed by atoms with Crippen LogP contribution in [0.1, 0.15) is 58.1 Å². The third-order valence-corrected chi connectivity index (χ3v) is 4.83. The van der Waals surface area contributed by atoms with E-state index in [2.05, 4.69) is 24.4 Å². The van der Waals surface area contributed by atoms with Crippen molar-refractivity contribution in [2.45, 2.75) is 71.4 Å². The number of hydrogen-bond acceptors (Lipinski definition) is 4. The largest absolute Gasteiger partial charge is 0.493 e. The summed E-state index contributed by atoms with van der Waals surface area (Å²) in [5, 5.41) is 3.04. The van der Waals surface area contributed by atoms with Crippen molar-refractivity contribution in [3.63, 3.8) is 0 Å². The maximum absolute atomic E-state index is 12.3. The molecule has 0 spiro atoms. The van der Waals surface area contributed by atoms with Gasteiger partial charge < -0.3 is 19.5 Å². The minimum Gasteiger partial charge on any atom is -0.493 e. The van der Waals surface area contributed by atoms with Crippen LogP contribution >= 0.6 is 0 Å². The van der Waals surface area contributed by atoms with Crippen LogP contribution in [-0.4, -0.2) is 31.5 Å². The fourth-order valence-electron chi connectivity index (χ4n) is 3.32. The van der Waals surface area contributed by atoms with Crippen LogP contribution in [0.5, 0.6) is 11.5 Å². The van der Waals surface area contributed by atoms with Gasteiger partial charge in [-0.05, 0) is 56.9 Å². The van der Waals surface area contributed by atoms with Crippen molar-refractivity contribution in [3.05, 3.63) is 59.7 Å². The van der Waals surface area contributed by atoms with Crippen molar-refractivity contribution in [2.24, 2.45) is 0 Å². The van der Waals surface area contributed by atoms with E-state index < -0.39 is 5.60 Å². The Hall–Kier alpha value is -2.69. The zero-order valence-electron chi connectivity index (χ0n) is 19.6. The summed E-state index contributed by atoms with van der Waals surface area (Å²) in [4.78, 5) is 12.3. The Kier molecular flexibility index (Phi) is 9.70. The number of nitrogens with one attached hydrogen (secondary N) is 1. The summed E-state index contributed by atoms with van der Waals surface area (Å²) in [5.41, 5.74) is 1.81. The van der Waals surface area contributed by atoms with Gasteiger partial charge in [0.2, 0.25) is 0 Å². The van der Waals surface area contributed by atoms with Crippen LogP contribution in [0.15, 0.2) is 48.5 Å². The first-order chi connectivity index (χ1) is 14.8. The van der Waals surface area contributed by atoms with Crippen molar-refractivity contribution in [3.8, 4) is 11.5 Å². The minimum absolute atomic E-state index is 0.000337. The van der Waals surface area contributed by atoms with Crippen LogP contribution in [0.25, 0.3) is 0 Å². The average Bonchev–Trinajstić information content (AvgIpc) is 2.71. The molecule has 0 bridgehead atoms. The molecule has 0 aliphatic heterocycles. The second kappa shape index (κ2) is 12.2. The molecule has 31 heavy (non-hydrogen) atoms. The summed E-state index contributed by atoms with van der Waals surface area (Å²) >= 11 is 0. The molecular weight excluding hydrogens is 390 g/mol. The van der Waals surface area contributed by atoms with E-state index in [-0.39, 0.29) is 12.1 Å². The first-order valence-electron chi connectivity index (χ1n) is 11.1. The number of amides is 1. The molecule has 0 radical (unpaired) electrons. The third kappa shape index (κ3) is 9.33. The van der Waals surface area contributed by atoms with Crippen molar-refractivity contribution in [2.75, 3.05) is 13.7 Å². The molecule has 0 aliphatic rings. The highest BCUT2D eigenvalue weighted by Crippen LogP contribution is 2.29. The molecule has 0 saturated carbocycles. The number of alkyl carbamates (subject to hydrolysis) is 1. The Morgan fingerprint density at radius 1 is 1.03 bits per heavy atom. The van der Waals surface area contributed by atoms with Gasteiger partial charge in [-0.1, -0.05) is 56.2 Å². The highest BCUT2D eigenvalue weighted by molar-refractivity contribution is 5.68. The molecule has 0 heterocycles. The van der Waals surface area contributed by atoms with Crippen LogP contribution in [0, 0.1) is 0 Å². The van der Waals surface area contributed by atoms with E-state index in [1.165, 1.54) is 5.56 Å². The molecule has 1 N–H and O–H groups in total. The maximum Gasteiger partial charge on any atom is 0.407 e. The lowest BCUT2D eigenvalue weighted by molar-refractivity contribution is 0.0501. The smallest absolute Gasteiger partial charge is 0.407 e. The van der Waals surface area contributed by atoms with Gasteiger partial charge in [0.15, 0.2) is 11.5 Å². The average molecular weight is 428 g/mol. The maximum atomic E-state index is 12.3. The Morgan fingerprint density at radius 2 is 1.77 bits per heavy atom. The number of rotatable bonds is 11. The number of carbonyl (C=O) groups is 1. The van der Waals surface area contributed by atoms with Crippen LogP contribution in [0.2, 0.25) is 0 Å². The van der Waals surface area contributed by atoms with Gasteiger partial charge in [0.1, 0.15) is 5.60 Å². The molecule has 2 aromatic carbocycles. The van der Waals surface area contributed by atoms with Gasteiger partial charge in [-0.2, -0.15) is 0 Å². The molecule has 1 unspecified atom stereocenters. The summed E-state index contributed by atoms with van der Waals surface area (Å²) in [5.74, 6) is 1.43. The van der Waals surface area contributed by atoms with Crippen LogP contribution in [0.3, 0.4) is 0 Å². The molecule has 2 aromatic rings. The van der Waals surface area contributed by atoms with Gasteiger partial charge in [-0.15, -0.1) is 0 Å². The molecule has 1 atom stereocenters. The summed E-state index contributed by atoms with van der Waals surface area (Å²) in [6.45, 7) is 8.33. The number of carbonyl (C=O) groups excluding carboxylic acids is 1. The predicted octanol–water partition coefficient (Wildman–Crippen LogP) is 5.94. The minimum atomic E-state index is -0.515. The normalized spacial score (nSPS) is 12.2. The first-order valence-corrected chi connectivity index (χ1v) is 11.1. The van der Waals surface area contributed by atoms with Crippen LogP contribution in [0.4, 0.5) is 4.79 Å². The summed E-state index contributed by atoms with van der Waals surface area (Å²) < 4.78 is 17.0. The predicted molar refractivity (Wildman–Crippen MR) is 125 cm³/mol. The van der Waals surface area contributed by atoms with Crippen molar-refractivity contribution < 1.29 is 19.0 Å². The van der Waals surface area contributed by atoms with E-state index in [4.69, 9.17) is 14.2 Å². The van der Waals surface area contributed by atoms with E-state index >= 15 is 0 Å². The fourth-order valence-corrected chi connectivity index (χ4v) is 3.32. The monoisotopic (exact) mass is 427 g/mol. The molecule has 5 nitrogen and oxygen atoms in total. The van der Waals surface area contributed by atoms with Gasteiger partial charge in [0.05, 0.1) is 13.7 Å². The van der Waals surface area contributed by atoms with Crippen LogP contribution in [-0.2, 0) is 17.6 Å². The number of unbranched alkanes of at least 4 members (excludes halogenated alkanes) is 1. The van der Waals surface area contributed by atoms with Gasteiger partial charge in [0, 0.05) is 12.5 Å². The highest BCUT2D eigenvalue weighted by atomic mass is 16.6. The number of methoxy groups -OCH3 is 1. The molecule has 2 rings (SSSR count). The fraction of sp³-hybridized carbons (Fsp3) is 0.500. The first kappa shape index (κ1) is 24.6. The Bertz CT molecular complexity index is 799. The van der Waals surface area contributed by atoms with Crippen LogP contribution < -0.4 is 14.8 Å². The van der Waals surface area contributed by atoms with Gasteiger partial charge in [-0.3, -0.25) is 0 Å². The molecule has 0 aromatic heterocycles. The Morgan fingerprint density at radius 3 is 2.42 bits per heavy atom. The van der Waals surface area contributed by atoms with E-state index in [0.29, 0.717) is 18.8 Å². The molecular formula is C26H37NO4. The number of benzene rings is 2. The second-order valence-corrected chi connectivity index (χ2v) is 8.76. The summed E-state index contributed by atoms with van der Waals surface area (Å²) in [6.07, 6.45) is 4.17. The topological polar surface area (TPSA) is 56.8 Å². The SMILES string of the molecule is CCCCC(Cc1ccc(OC)c(OCCc2ccccc2)c1)NC(=O)OC(C)(C)C. The lowest BCUT2D eigenvalue weighted by Gasteiger charge is -2.24. The molecule has 170 valence electrons. The standard InChI is InChI=1S/C26H37NO4/c1-6-7-13-22(27-25(28)31-26(2,3)4)18-21-14-15-23(29-5)24(19-21)30-17-16-20-11-9-8-10-12-20/h8-12,14-15,19,22H,6-7,13,16-18H2,1-5H3,(H,27,28). The summed E-state index contributed by atoms with van der Waals surface area (Å²) in [6, 6.07) is 16.2.